The predicted molar refractivity (Wildman–Crippen MR) is 176 cm³/mol. The third-order valence-corrected chi connectivity index (χ3v) is 11.5. The first-order valence-corrected chi connectivity index (χ1v) is 17.0. The maximum absolute atomic E-state index is 15.3. The van der Waals surface area contributed by atoms with Crippen molar-refractivity contribution in [1.82, 2.24) is 30.5 Å². The second-order valence-electron chi connectivity index (χ2n) is 12.8. The number of nitrogens with one attached hydrogen (secondary N) is 2. The highest BCUT2D eigenvalue weighted by molar-refractivity contribution is 7.99. The van der Waals surface area contributed by atoms with E-state index in [1.165, 1.54) is 17.8 Å². The number of ether oxygens (including phenoxy) is 1. The molecule has 14 heteroatoms. The number of benzene rings is 1. The Kier molecular flexibility index (Phi) is 8.70. The Hall–Kier alpha value is -3.23. The number of aromatic nitrogens is 3. The number of anilines is 3. The first kappa shape index (κ1) is 31.4. The van der Waals surface area contributed by atoms with Gasteiger partial charge in [0.15, 0.2) is 5.82 Å². The van der Waals surface area contributed by atoms with Gasteiger partial charge in [0.1, 0.15) is 22.5 Å². The lowest BCUT2D eigenvalue weighted by Crippen LogP contribution is -2.52. The van der Waals surface area contributed by atoms with Crippen molar-refractivity contribution >= 4 is 46.7 Å². The van der Waals surface area contributed by atoms with E-state index in [1.807, 2.05) is 11.0 Å². The number of halogens is 2. The summed E-state index contributed by atoms with van der Waals surface area (Å²) in [4.78, 5) is 31.1. The Balaban J connectivity index is 0.991. The summed E-state index contributed by atoms with van der Waals surface area (Å²) in [6, 6.07) is 5.50. The van der Waals surface area contributed by atoms with Gasteiger partial charge in [-0.05, 0) is 62.4 Å². The largest absolute Gasteiger partial charge is 0.382 e. The van der Waals surface area contributed by atoms with E-state index in [4.69, 9.17) is 27.8 Å². The lowest BCUT2D eigenvalue weighted by molar-refractivity contribution is 0.0671. The minimum Gasteiger partial charge on any atom is -0.382 e. The summed E-state index contributed by atoms with van der Waals surface area (Å²) in [6.45, 7) is 7.02. The zero-order valence-electron chi connectivity index (χ0n) is 25.8. The van der Waals surface area contributed by atoms with Crippen LogP contribution in [0.3, 0.4) is 0 Å². The molecule has 1 amide bonds. The van der Waals surface area contributed by atoms with Crippen LogP contribution in [-0.2, 0) is 17.8 Å². The van der Waals surface area contributed by atoms with Gasteiger partial charge in [0, 0.05) is 61.3 Å². The molecule has 3 fully saturated rings. The van der Waals surface area contributed by atoms with E-state index < -0.39 is 5.82 Å². The van der Waals surface area contributed by atoms with Gasteiger partial charge in [-0.25, -0.2) is 19.3 Å². The van der Waals surface area contributed by atoms with Crippen LogP contribution in [0, 0.1) is 11.2 Å². The number of nitrogens with zero attached hydrogens (tertiary/aromatic N) is 5. The molecule has 4 aliphatic heterocycles. The van der Waals surface area contributed by atoms with E-state index in [1.54, 1.807) is 18.5 Å². The quantitative estimate of drug-likeness (QED) is 0.291. The molecule has 11 nitrogen and oxygen atoms in total. The minimum absolute atomic E-state index is 0.0162. The lowest BCUT2D eigenvalue weighted by atomic mass is 9.73. The lowest BCUT2D eigenvalue weighted by Gasteiger charge is -2.43. The van der Waals surface area contributed by atoms with Gasteiger partial charge in [0.2, 0.25) is 0 Å². The van der Waals surface area contributed by atoms with Gasteiger partial charge >= 0.3 is 0 Å². The molecule has 0 saturated carbocycles. The first-order valence-electron chi connectivity index (χ1n) is 15.9. The van der Waals surface area contributed by atoms with Crippen LogP contribution in [0.25, 0.3) is 0 Å². The van der Waals surface area contributed by atoms with Crippen molar-refractivity contribution in [3.8, 4) is 0 Å². The molecule has 0 aliphatic carbocycles. The highest BCUT2D eigenvalue weighted by Crippen LogP contribution is 2.44. The maximum Gasteiger partial charge on any atom is 0.257 e. The highest BCUT2D eigenvalue weighted by atomic mass is 35.5. The molecular weight excluding hydrogens is 629 g/mol. The summed E-state index contributed by atoms with van der Waals surface area (Å²) in [5, 5.41) is 8.00. The number of rotatable bonds is 7. The third-order valence-electron chi connectivity index (χ3n) is 9.97. The number of carbonyl (C=O) groups excluding carboxylic acids is 1. The van der Waals surface area contributed by atoms with Crippen molar-refractivity contribution in [2.45, 2.75) is 73.8 Å². The molecule has 1 aromatic carbocycles. The highest BCUT2D eigenvalue weighted by Gasteiger charge is 2.49. The molecule has 2 aromatic heterocycles. The summed E-state index contributed by atoms with van der Waals surface area (Å²) >= 11 is 7.60. The molecule has 3 atom stereocenters. The monoisotopic (exact) mass is 667 g/mol. The average Bonchev–Trinajstić information content (AvgIpc) is 3.55. The summed E-state index contributed by atoms with van der Waals surface area (Å²) in [5.74, 6) is 0.697. The number of nitrogens with two attached hydrogens (primary N) is 2. The van der Waals surface area contributed by atoms with Gasteiger partial charge in [0.25, 0.3) is 5.91 Å². The molecule has 244 valence electrons. The third kappa shape index (κ3) is 5.87. The van der Waals surface area contributed by atoms with E-state index in [2.05, 4.69) is 37.4 Å². The van der Waals surface area contributed by atoms with Crippen molar-refractivity contribution in [1.29, 1.82) is 0 Å². The molecule has 3 saturated heterocycles. The zero-order valence-corrected chi connectivity index (χ0v) is 27.3. The van der Waals surface area contributed by atoms with E-state index in [-0.39, 0.29) is 40.9 Å². The second kappa shape index (κ2) is 12.8. The molecule has 7 rings (SSSR count). The van der Waals surface area contributed by atoms with Gasteiger partial charge in [-0.15, -0.1) is 0 Å². The number of piperidine rings is 2. The number of carbonyl (C=O) groups is 1. The van der Waals surface area contributed by atoms with Gasteiger partial charge in [-0.3, -0.25) is 4.79 Å². The smallest absolute Gasteiger partial charge is 0.257 e. The Morgan fingerprint density at radius 1 is 1.24 bits per heavy atom. The summed E-state index contributed by atoms with van der Waals surface area (Å²) in [6.07, 6.45) is 7.13. The standard InChI is InChI=1S/C32H39ClFN9O2S/c1-18-27(39-13-19-11-20-16-43(21-3-2-7-37-14-21)31(44)25(20)22(34)12-19)32(17-45-18)5-9-42(10-6-32)24-15-40-30(29(36)41-24)46-23-4-8-38-28(35)26(23)33/h4,8,11-12,15,18,21,27,37,39H,2-3,5-7,9-10,13-14,16-17H2,1H3,(H2,35,38)(H2,36,41)/t18-,21?,27+/m0/s1. The fourth-order valence-corrected chi connectivity index (χ4v) is 8.47. The van der Waals surface area contributed by atoms with Gasteiger partial charge in [-0.1, -0.05) is 29.4 Å². The van der Waals surface area contributed by atoms with Crippen molar-refractivity contribution in [2.24, 2.45) is 5.41 Å². The maximum atomic E-state index is 15.3. The van der Waals surface area contributed by atoms with E-state index in [9.17, 15) is 4.79 Å². The Bertz CT molecular complexity index is 1630. The number of hydrogen-bond acceptors (Lipinski definition) is 11. The number of hydrogen-bond donors (Lipinski definition) is 4. The molecular formula is C32H39ClFN9O2S. The van der Waals surface area contributed by atoms with Crippen LogP contribution >= 0.6 is 23.4 Å². The Labute approximate surface area is 277 Å². The Morgan fingerprint density at radius 3 is 2.83 bits per heavy atom. The van der Waals surface area contributed by atoms with E-state index >= 15 is 4.39 Å². The normalized spacial score (nSPS) is 24.2. The molecule has 3 aromatic rings. The molecule has 6 heterocycles. The van der Waals surface area contributed by atoms with E-state index in [0.29, 0.717) is 40.5 Å². The van der Waals surface area contributed by atoms with Crippen LogP contribution in [0.4, 0.5) is 21.8 Å². The number of amides is 1. The fraction of sp³-hybridized carbons (Fsp3) is 0.500. The van der Waals surface area contributed by atoms with Crippen molar-refractivity contribution < 1.29 is 13.9 Å². The number of pyridine rings is 1. The molecule has 0 bridgehead atoms. The van der Waals surface area contributed by atoms with Gasteiger partial charge in [0.05, 0.1) is 29.5 Å². The summed E-state index contributed by atoms with van der Waals surface area (Å²) in [7, 11) is 0. The SMILES string of the molecule is C[C@@H]1OCC2(CCN(c3cnc(Sc4ccnc(N)c4Cl)c(N)n3)CC2)[C@@H]1NCc1cc(F)c2c(c1)CN(C1CCCNC1)C2=O. The minimum atomic E-state index is -0.429. The van der Waals surface area contributed by atoms with Gasteiger partial charge in [-0.2, -0.15) is 0 Å². The molecule has 1 spiro atoms. The molecule has 0 radical (unpaired) electrons. The van der Waals surface area contributed by atoms with Gasteiger partial charge < -0.3 is 36.6 Å². The summed E-state index contributed by atoms with van der Waals surface area (Å²) in [5.41, 5.74) is 14.0. The first-order chi connectivity index (χ1) is 22.2. The zero-order chi connectivity index (χ0) is 32.0. The van der Waals surface area contributed by atoms with Crippen LogP contribution in [0.2, 0.25) is 5.02 Å². The molecule has 1 unspecified atom stereocenters. The topological polar surface area (TPSA) is 148 Å². The summed E-state index contributed by atoms with van der Waals surface area (Å²) < 4.78 is 21.5. The predicted octanol–water partition coefficient (Wildman–Crippen LogP) is 3.85. The van der Waals surface area contributed by atoms with Crippen molar-refractivity contribution in [3.63, 3.8) is 0 Å². The average molecular weight is 668 g/mol. The number of fused-ring (bicyclic) bond motifs is 1. The van der Waals surface area contributed by atoms with Crippen LogP contribution < -0.4 is 27.0 Å². The van der Waals surface area contributed by atoms with Crippen molar-refractivity contribution in [3.05, 3.63) is 58.1 Å². The Morgan fingerprint density at radius 2 is 2.07 bits per heavy atom. The molecule has 6 N–H and O–H groups in total. The molecule has 46 heavy (non-hydrogen) atoms. The van der Waals surface area contributed by atoms with Crippen LogP contribution in [-0.4, -0.2) is 76.7 Å². The fourth-order valence-electron chi connectivity index (χ4n) is 7.45. The number of nitrogen functional groups attached to an aromatic ring is 2. The van der Waals surface area contributed by atoms with E-state index in [0.717, 1.165) is 68.8 Å². The molecule has 4 aliphatic rings. The second-order valence-corrected chi connectivity index (χ2v) is 14.2. The van der Waals surface area contributed by atoms with Crippen LogP contribution in [0.15, 0.2) is 40.5 Å². The van der Waals surface area contributed by atoms with Crippen LogP contribution in [0.5, 0.6) is 0 Å². The van der Waals surface area contributed by atoms with Crippen LogP contribution in [0.1, 0.15) is 54.1 Å². The van der Waals surface area contributed by atoms with Crippen molar-refractivity contribution in [2.75, 3.05) is 49.2 Å².